The summed E-state index contributed by atoms with van der Waals surface area (Å²) in [5.41, 5.74) is 0.532. The third-order valence-corrected chi connectivity index (χ3v) is 3.13. The molecule has 0 aliphatic rings. The van der Waals surface area contributed by atoms with Crippen molar-refractivity contribution in [3.63, 3.8) is 0 Å². The van der Waals surface area contributed by atoms with Gasteiger partial charge in [-0.15, -0.1) is 0 Å². The van der Waals surface area contributed by atoms with E-state index < -0.39 is 0 Å². The van der Waals surface area contributed by atoms with E-state index in [0.717, 1.165) is 12.8 Å². The minimum absolute atomic E-state index is 0.141. The molecule has 0 spiro atoms. The molecule has 0 aliphatic carbocycles. The number of benzene rings is 1. The molecule has 1 N–H and O–H groups in total. The molecule has 1 rings (SSSR count). The molecule has 0 aromatic heterocycles. The van der Waals surface area contributed by atoms with Crippen molar-refractivity contribution in [2.75, 3.05) is 18.4 Å². The molecule has 0 saturated heterocycles. The lowest BCUT2D eigenvalue weighted by Crippen LogP contribution is -2.35. The van der Waals surface area contributed by atoms with E-state index in [1.807, 2.05) is 13.8 Å². The highest BCUT2D eigenvalue weighted by Crippen LogP contribution is 2.20. The second-order valence-corrected chi connectivity index (χ2v) is 4.99. The molecule has 0 bridgehead atoms. The van der Waals surface area contributed by atoms with Crippen LogP contribution in [0.5, 0.6) is 0 Å². The molecule has 4 nitrogen and oxygen atoms in total. The van der Waals surface area contributed by atoms with Crippen LogP contribution in [0, 0.1) is 0 Å². The molecule has 0 fully saturated rings. The average molecular weight is 297 g/mol. The summed E-state index contributed by atoms with van der Waals surface area (Å²) in [4.78, 5) is 25.6. The van der Waals surface area contributed by atoms with Crippen LogP contribution in [0.15, 0.2) is 24.3 Å². The van der Waals surface area contributed by atoms with Crippen molar-refractivity contribution in [2.45, 2.75) is 33.1 Å². The van der Waals surface area contributed by atoms with Crippen LogP contribution >= 0.6 is 11.6 Å². The molecule has 0 unspecified atom stereocenters. The second kappa shape index (κ2) is 8.59. The Hall–Kier alpha value is -1.55. The Balaban J connectivity index is 2.56. The molecule has 20 heavy (non-hydrogen) atoms. The smallest absolute Gasteiger partial charge is 0.233 e. The zero-order valence-electron chi connectivity index (χ0n) is 12.0. The number of anilines is 1. The first-order valence-corrected chi connectivity index (χ1v) is 7.28. The van der Waals surface area contributed by atoms with Gasteiger partial charge in [0.25, 0.3) is 0 Å². The maximum Gasteiger partial charge on any atom is 0.233 e. The van der Waals surface area contributed by atoms with Crippen molar-refractivity contribution >= 4 is 29.1 Å². The monoisotopic (exact) mass is 296 g/mol. The highest BCUT2D eigenvalue weighted by atomic mass is 35.5. The van der Waals surface area contributed by atoms with Crippen molar-refractivity contribution in [3.8, 4) is 0 Å². The average Bonchev–Trinajstić information content (AvgIpc) is 2.41. The van der Waals surface area contributed by atoms with Crippen LogP contribution in [0.2, 0.25) is 5.02 Å². The minimum atomic E-state index is -0.333. The summed E-state index contributed by atoms with van der Waals surface area (Å²) in [7, 11) is 0. The maximum atomic E-state index is 12.0. The van der Waals surface area contributed by atoms with Crippen LogP contribution in [-0.2, 0) is 9.59 Å². The third kappa shape index (κ3) is 5.21. The van der Waals surface area contributed by atoms with E-state index in [2.05, 4.69) is 5.32 Å². The summed E-state index contributed by atoms with van der Waals surface area (Å²) in [5.74, 6) is -0.474. The molecule has 0 radical (unpaired) electrons. The topological polar surface area (TPSA) is 49.4 Å². The van der Waals surface area contributed by atoms with Crippen molar-refractivity contribution in [1.29, 1.82) is 0 Å². The zero-order chi connectivity index (χ0) is 15.0. The van der Waals surface area contributed by atoms with Gasteiger partial charge < -0.3 is 10.2 Å². The van der Waals surface area contributed by atoms with E-state index >= 15 is 0 Å². The first-order valence-electron chi connectivity index (χ1n) is 6.90. The molecular weight excluding hydrogens is 276 g/mol. The largest absolute Gasteiger partial charge is 0.342 e. The lowest BCUT2D eigenvalue weighted by molar-refractivity contribution is -0.134. The van der Waals surface area contributed by atoms with Gasteiger partial charge in [-0.25, -0.2) is 0 Å². The van der Waals surface area contributed by atoms with Crippen LogP contribution in [0.3, 0.4) is 0 Å². The third-order valence-electron chi connectivity index (χ3n) is 2.80. The summed E-state index contributed by atoms with van der Waals surface area (Å²) in [5, 5.41) is 3.13. The van der Waals surface area contributed by atoms with Gasteiger partial charge in [-0.3, -0.25) is 9.59 Å². The van der Waals surface area contributed by atoms with Gasteiger partial charge in [0.15, 0.2) is 0 Å². The van der Waals surface area contributed by atoms with Gasteiger partial charge in [0.2, 0.25) is 11.8 Å². The highest BCUT2D eigenvalue weighted by Gasteiger charge is 2.16. The van der Waals surface area contributed by atoms with Crippen molar-refractivity contribution in [2.24, 2.45) is 0 Å². The molecule has 0 heterocycles. The van der Waals surface area contributed by atoms with Gasteiger partial charge in [0, 0.05) is 13.1 Å². The van der Waals surface area contributed by atoms with E-state index in [1.54, 1.807) is 29.2 Å². The van der Waals surface area contributed by atoms with Gasteiger partial charge in [0.1, 0.15) is 6.42 Å². The maximum absolute atomic E-state index is 12.0. The fourth-order valence-electron chi connectivity index (χ4n) is 1.91. The Labute approximate surface area is 125 Å². The number of carbonyl (C=O) groups is 2. The van der Waals surface area contributed by atoms with Crippen molar-refractivity contribution < 1.29 is 9.59 Å². The number of nitrogens with one attached hydrogen (secondary N) is 1. The molecule has 110 valence electrons. The number of carbonyl (C=O) groups excluding carboxylic acids is 2. The van der Waals surface area contributed by atoms with Crippen LogP contribution in [-0.4, -0.2) is 29.8 Å². The second-order valence-electron chi connectivity index (χ2n) is 4.59. The molecule has 5 heteroatoms. The molecule has 0 saturated carbocycles. The molecule has 0 aliphatic heterocycles. The summed E-state index contributed by atoms with van der Waals surface area (Å²) in [6.45, 7) is 5.40. The summed E-state index contributed by atoms with van der Waals surface area (Å²) >= 11 is 5.96. The SMILES string of the molecule is CCCN(CCC)C(=O)CC(=O)Nc1ccccc1Cl. The number of amides is 2. The number of hydrogen-bond donors (Lipinski definition) is 1. The van der Waals surface area contributed by atoms with E-state index in [1.165, 1.54) is 0 Å². The van der Waals surface area contributed by atoms with Crippen LogP contribution in [0.1, 0.15) is 33.1 Å². The van der Waals surface area contributed by atoms with Gasteiger partial charge in [-0.05, 0) is 25.0 Å². The minimum Gasteiger partial charge on any atom is -0.342 e. The molecule has 1 aromatic rings. The van der Waals surface area contributed by atoms with Gasteiger partial charge in [0.05, 0.1) is 10.7 Å². The highest BCUT2D eigenvalue weighted by molar-refractivity contribution is 6.33. The van der Waals surface area contributed by atoms with Crippen molar-refractivity contribution in [1.82, 2.24) is 4.90 Å². The Morgan fingerprint density at radius 2 is 1.75 bits per heavy atom. The van der Waals surface area contributed by atoms with E-state index in [-0.39, 0.29) is 18.2 Å². The molecule has 0 atom stereocenters. The predicted octanol–water partition coefficient (Wildman–Crippen LogP) is 3.32. The first kappa shape index (κ1) is 16.5. The summed E-state index contributed by atoms with van der Waals surface area (Å²) in [6, 6.07) is 6.97. The van der Waals surface area contributed by atoms with E-state index in [4.69, 9.17) is 11.6 Å². The molecular formula is C15H21ClN2O2. The van der Waals surface area contributed by atoms with Gasteiger partial charge in [-0.2, -0.15) is 0 Å². The number of nitrogens with zero attached hydrogens (tertiary/aromatic N) is 1. The fourth-order valence-corrected chi connectivity index (χ4v) is 2.09. The normalized spacial score (nSPS) is 10.2. The Bertz CT molecular complexity index is 457. The Morgan fingerprint density at radius 1 is 1.15 bits per heavy atom. The van der Waals surface area contributed by atoms with Crippen LogP contribution in [0.25, 0.3) is 0 Å². The number of para-hydroxylation sites is 1. The fraction of sp³-hybridized carbons (Fsp3) is 0.467. The summed E-state index contributed by atoms with van der Waals surface area (Å²) < 4.78 is 0. The quantitative estimate of drug-likeness (QED) is 0.785. The number of rotatable bonds is 7. The van der Waals surface area contributed by atoms with Crippen LogP contribution < -0.4 is 5.32 Å². The lowest BCUT2D eigenvalue weighted by Gasteiger charge is -2.21. The first-order chi connectivity index (χ1) is 9.58. The molecule has 1 aromatic carbocycles. The van der Waals surface area contributed by atoms with Gasteiger partial charge >= 0.3 is 0 Å². The Kier molecular flexibility index (Phi) is 7.09. The number of halogens is 1. The zero-order valence-corrected chi connectivity index (χ0v) is 12.7. The van der Waals surface area contributed by atoms with E-state index in [9.17, 15) is 9.59 Å². The van der Waals surface area contributed by atoms with Gasteiger partial charge in [-0.1, -0.05) is 37.6 Å². The predicted molar refractivity (Wildman–Crippen MR) is 81.9 cm³/mol. The standard InChI is InChI=1S/C15H21ClN2O2/c1-3-9-18(10-4-2)15(20)11-14(19)17-13-8-6-5-7-12(13)16/h5-8H,3-4,9-11H2,1-2H3,(H,17,19). The van der Waals surface area contributed by atoms with Crippen LogP contribution in [0.4, 0.5) is 5.69 Å². The van der Waals surface area contributed by atoms with Crippen molar-refractivity contribution in [3.05, 3.63) is 29.3 Å². The molecule has 2 amide bonds. The Morgan fingerprint density at radius 3 is 2.30 bits per heavy atom. The number of hydrogen-bond acceptors (Lipinski definition) is 2. The van der Waals surface area contributed by atoms with E-state index in [0.29, 0.717) is 23.8 Å². The lowest BCUT2D eigenvalue weighted by atomic mass is 10.2. The summed E-state index contributed by atoms with van der Waals surface area (Å²) in [6.07, 6.45) is 1.63.